The molecule has 0 aromatic heterocycles. The average molecular weight is 440 g/mol. The van der Waals surface area contributed by atoms with E-state index in [1.807, 2.05) is 0 Å². The predicted molar refractivity (Wildman–Crippen MR) is 109 cm³/mol. The molecule has 0 spiro atoms. The molecule has 172 valence electrons. The highest BCUT2D eigenvalue weighted by atomic mass is 19.1. The van der Waals surface area contributed by atoms with E-state index in [4.69, 9.17) is 14.6 Å². The van der Waals surface area contributed by atoms with E-state index in [1.54, 1.807) is 6.08 Å². The van der Waals surface area contributed by atoms with Gasteiger partial charge in [-0.2, -0.15) is 0 Å². The smallest absolute Gasteiger partial charge is 0.303 e. The molecule has 6 nitrogen and oxygen atoms in total. The van der Waals surface area contributed by atoms with Crippen LogP contribution in [0.4, 0.5) is 8.78 Å². The van der Waals surface area contributed by atoms with E-state index in [0.717, 1.165) is 37.5 Å². The van der Waals surface area contributed by atoms with Gasteiger partial charge < -0.3 is 24.8 Å². The number of rotatable bonds is 9. The molecule has 2 fully saturated rings. The summed E-state index contributed by atoms with van der Waals surface area (Å²) in [6.45, 7) is 0.329. The fraction of sp³-hybridized carbons (Fsp3) is 0.609. The van der Waals surface area contributed by atoms with Gasteiger partial charge in [0.2, 0.25) is 0 Å². The topological polar surface area (TPSA) is 96.2 Å². The van der Waals surface area contributed by atoms with E-state index in [0.29, 0.717) is 25.4 Å². The SMILES string of the molecule is O=C(O)CCC[C@@H]1CC[C@@H]2[C@@H](C=C[C@@H](O)COc3cc(F)ccc3F)[C@H](O)C[C@@H]2OC1. The summed E-state index contributed by atoms with van der Waals surface area (Å²) in [4.78, 5) is 10.7. The van der Waals surface area contributed by atoms with Gasteiger partial charge in [-0.15, -0.1) is 0 Å². The lowest BCUT2D eigenvalue weighted by atomic mass is 9.86. The van der Waals surface area contributed by atoms with Gasteiger partial charge in [0, 0.05) is 31.4 Å². The van der Waals surface area contributed by atoms with Crippen LogP contribution in [0.3, 0.4) is 0 Å². The molecule has 1 aromatic rings. The van der Waals surface area contributed by atoms with Crippen molar-refractivity contribution >= 4 is 5.97 Å². The number of halogens is 2. The van der Waals surface area contributed by atoms with Crippen molar-refractivity contribution in [1.82, 2.24) is 0 Å². The van der Waals surface area contributed by atoms with Crippen molar-refractivity contribution in [1.29, 1.82) is 0 Å². The number of aliphatic hydroxyl groups excluding tert-OH is 2. The van der Waals surface area contributed by atoms with Crippen LogP contribution < -0.4 is 4.74 Å². The second-order valence-electron chi connectivity index (χ2n) is 8.48. The van der Waals surface area contributed by atoms with Gasteiger partial charge in [-0.05, 0) is 49.7 Å². The van der Waals surface area contributed by atoms with Crippen LogP contribution in [0, 0.1) is 29.4 Å². The van der Waals surface area contributed by atoms with Crippen molar-refractivity contribution in [2.75, 3.05) is 13.2 Å². The van der Waals surface area contributed by atoms with Crippen LogP contribution in [-0.4, -0.2) is 52.8 Å². The maximum absolute atomic E-state index is 13.6. The van der Waals surface area contributed by atoms with Crippen molar-refractivity contribution in [2.24, 2.45) is 17.8 Å². The molecular weight excluding hydrogens is 410 g/mol. The maximum atomic E-state index is 13.6. The van der Waals surface area contributed by atoms with Crippen LogP contribution in [0.5, 0.6) is 5.75 Å². The first-order valence-corrected chi connectivity index (χ1v) is 10.8. The van der Waals surface area contributed by atoms with Crippen molar-refractivity contribution in [2.45, 2.75) is 56.8 Å². The number of carbonyl (C=O) groups is 1. The van der Waals surface area contributed by atoms with E-state index >= 15 is 0 Å². The summed E-state index contributed by atoms with van der Waals surface area (Å²) in [5, 5.41) is 29.4. The third kappa shape index (κ3) is 6.72. The standard InChI is InChI=1S/C23H30F2O6/c24-15-5-9-19(25)22(10-15)31-13-16(26)6-8-17-18-7-4-14(2-1-3-23(28)29)12-30-21(18)11-20(17)27/h5-6,8-10,14,16-18,20-21,26-27H,1-4,7,11-13H2,(H,28,29)/t14-,16-,17-,18-,20-,21+/m1/s1. The molecule has 3 N–H and O–H groups in total. The third-order valence-electron chi connectivity index (χ3n) is 6.21. The zero-order chi connectivity index (χ0) is 22.4. The van der Waals surface area contributed by atoms with Gasteiger partial charge in [-0.3, -0.25) is 4.79 Å². The molecule has 3 rings (SSSR count). The Morgan fingerprint density at radius 3 is 2.90 bits per heavy atom. The molecule has 1 aliphatic carbocycles. The van der Waals surface area contributed by atoms with Crippen molar-refractivity contribution in [3.63, 3.8) is 0 Å². The number of fused-ring (bicyclic) bond motifs is 1. The summed E-state index contributed by atoms with van der Waals surface area (Å²) in [5.74, 6) is -2.14. The average Bonchev–Trinajstić information content (AvgIpc) is 2.88. The number of hydrogen-bond donors (Lipinski definition) is 3. The minimum Gasteiger partial charge on any atom is -0.487 e. The van der Waals surface area contributed by atoms with Gasteiger partial charge in [-0.25, -0.2) is 8.78 Å². The van der Waals surface area contributed by atoms with E-state index < -0.39 is 29.8 Å². The van der Waals surface area contributed by atoms with Crippen LogP contribution >= 0.6 is 0 Å². The zero-order valence-corrected chi connectivity index (χ0v) is 17.3. The van der Waals surface area contributed by atoms with Crippen molar-refractivity contribution in [3.05, 3.63) is 42.0 Å². The molecule has 1 saturated heterocycles. The van der Waals surface area contributed by atoms with E-state index in [1.165, 1.54) is 6.08 Å². The molecule has 2 aliphatic rings. The molecule has 1 saturated carbocycles. The van der Waals surface area contributed by atoms with Crippen LogP contribution in [-0.2, 0) is 9.53 Å². The largest absolute Gasteiger partial charge is 0.487 e. The normalized spacial score (nSPS) is 29.5. The highest BCUT2D eigenvalue weighted by Gasteiger charge is 2.43. The lowest BCUT2D eigenvalue weighted by Crippen LogP contribution is -2.22. The second kappa shape index (κ2) is 11.0. The molecule has 0 amide bonds. The lowest BCUT2D eigenvalue weighted by Gasteiger charge is -2.21. The molecule has 0 bridgehead atoms. The van der Waals surface area contributed by atoms with Gasteiger partial charge >= 0.3 is 5.97 Å². The monoisotopic (exact) mass is 440 g/mol. The number of hydrogen-bond acceptors (Lipinski definition) is 5. The molecule has 8 heteroatoms. The zero-order valence-electron chi connectivity index (χ0n) is 17.3. The first-order chi connectivity index (χ1) is 14.8. The summed E-state index contributed by atoms with van der Waals surface area (Å²) >= 11 is 0. The molecule has 1 aliphatic heterocycles. The summed E-state index contributed by atoms with van der Waals surface area (Å²) in [6, 6.07) is 2.87. The Labute approximate surface area is 180 Å². The van der Waals surface area contributed by atoms with Gasteiger partial charge in [-0.1, -0.05) is 12.2 Å². The Balaban J connectivity index is 1.51. The van der Waals surface area contributed by atoms with Crippen molar-refractivity contribution in [3.8, 4) is 5.75 Å². The summed E-state index contributed by atoms with van der Waals surface area (Å²) in [7, 11) is 0. The minimum absolute atomic E-state index is 0.0658. The number of carboxylic acid groups (broad SMARTS) is 1. The summed E-state index contributed by atoms with van der Waals surface area (Å²) in [6.07, 6.45) is 5.47. The van der Waals surface area contributed by atoms with Crippen LogP contribution in [0.2, 0.25) is 0 Å². The Hall–Kier alpha value is -2.03. The third-order valence-corrected chi connectivity index (χ3v) is 6.21. The van der Waals surface area contributed by atoms with Crippen molar-refractivity contribution < 1.29 is 38.4 Å². The Morgan fingerprint density at radius 1 is 1.32 bits per heavy atom. The molecule has 0 radical (unpaired) electrons. The molecular formula is C23H30F2O6. The summed E-state index contributed by atoms with van der Waals surface area (Å²) < 4.78 is 38.0. The van der Waals surface area contributed by atoms with Crippen LogP contribution in [0.1, 0.15) is 38.5 Å². The molecule has 31 heavy (non-hydrogen) atoms. The van der Waals surface area contributed by atoms with E-state index in [-0.39, 0.29) is 36.7 Å². The molecule has 1 aromatic carbocycles. The number of aliphatic carboxylic acids is 1. The minimum atomic E-state index is -1.04. The van der Waals surface area contributed by atoms with Gasteiger partial charge in [0.05, 0.1) is 12.2 Å². The number of benzene rings is 1. The molecule has 0 unspecified atom stereocenters. The molecule has 1 heterocycles. The first kappa shape index (κ1) is 23.6. The maximum Gasteiger partial charge on any atom is 0.303 e. The highest BCUT2D eigenvalue weighted by molar-refractivity contribution is 5.66. The number of aliphatic hydroxyl groups is 2. The fourth-order valence-electron chi connectivity index (χ4n) is 4.56. The Bertz CT molecular complexity index is 770. The quantitative estimate of drug-likeness (QED) is 0.510. The Morgan fingerprint density at radius 2 is 2.13 bits per heavy atom. The summed E-state index contributed by atoms with van der Waals surface area (Å²) in [5.41, 5.74) is 0. The molecule has 6 atom stereocenters. The van der Waals surface area contributed by atoms with E-state index in [2.05, 4.69) is 0 Å². The van der Waals surface area contributed by atoms with Crippen LogP contribution in [0.25, 0.3) is 0 Å². The van der Waals surface area contributed by atoms with Gasteiger partial charge in [0.1, 0.15) is 18.5 Å². The lowest BCUT2D eigenvalue weighted by molar-refractivity contribution is -0.137. The second-order valence-corrected chi connectivity index (χ2v) is 8.48. The predicted octanol–water partition coefficient (Wildman–Crippen LogP) is 3.31. The van der Waals surface area contributed by atoms with Crippen LogP contribution in [0.15, 0.2) is 30.4 Å². The number of carboxylic acids is 1. The highest BCUT2D eigenvalue weighted by Crippen LogP contribution is 2.42. The number of ether oxygens (including phenoxy) is 2. The Kier molecular flexibility index (Phi) is 8.40. The first-order valence-electron chi connectivity index (χ1n) is 10.8. The van der Waals surface area contributed by atoms with Gasteiger partial charge in [0.15, 0.2) is 11.6 Å². The van der Waals surface area contributed by atoms with E-state index in [9.17, 15) is 23.8 Å². The fourth-order valence-corrected chi connectivity index (χ4v) is 4.56. The van der Waals surface area contributed by atoms with Gasteiger partial charge in [0.25, 0.3) is 0 Å².